The van der Waals surface area contributed by atoms with Gasteiger partial charge in [0, 0.05) is 6.54 Å². The van der Waals surface area contributed by atoms with E-state index in [1.807, 2.05) is 0 Å². The summed E-state index contributed by atoms with van der Waals surface area (Å²) in [4.78, 5) is 12.9. The van der Waals surface area contributed by atoms with Gasteiger partial charge in [0.15, 0.2) is 0 Å². The van der Waals surface area contributed by atoms with Crippen LogP contribution in [-0.2, 0) is 0 Å². The molecule has 1 rings (SSSR count). The smallest absolute Gasteiger partial charge is 0.331 e. The van der Waals surface area contributed by atoms with Crippen molar-refractivity contribution in [3.05, 3.63) is 0 Å². The van der Waals surface area contributed by atoms with Crippen LogP contribution in [0.2, 0.25) is 0 Å². The molecule has 13 heavy (non-hydrogen) atoms. The maximum Gasteiger partial charge on any atom is 0.331 e. The number of likely N-dealkylation sites (tertiary alicyclic amines) is 1. The Labute approximate surface area is 77.9 Å². The van der Waals surface area contributed by atoms with E-state index in [-0.39, 0.29) is 18.7 Å². The SMILES string of the molecule is NNC(=O)N1CCCCCC1CO. The summed E-state index contributed by atoms with van der Waals surface area (Å²) in [7, 11) is 0. The van der Waals surface area contributed by atoms with E-state index in [4.69, 9.17) is 10.9 Å². The van der Waals surface area contributed by atoms with Crippen LogP contribution < -0.4 is 11.3 Å². The topological polar surface area (TPSA) is 78.6 Å². The zero-order valence-electron chi connectivity index (χ0n) is 7.70. The summed E-state index contributed by atoms with van der Waals surface area (Å²) >= 11 is 0. The molecule has 1 unspecified atom stereocenters. The molecule has 5 nitrogen and oxygen atoms in total. The summed E-state index contributed by atoms with van der Waals surface area (Å²) in [5, 5.41) is 9.07. The van der Waals surface area contributed by atoms with Crippen LogP contribution in [0.15, 0.2) is 0 Å². The normalized spacial score (nSPS) is 23.8. The highest BCUT2D eigenvalue weighted by Gasteiger charge is 2.23. The Hall–Kier alpha value is -0.810. The number of urea groups is 1. The van der Waals surface area contributed by atoms with E-state index in [0.717, 1.165) is 25.7 Å². The van der Waals surface area contributed by atoms with E-state index in [1.54, 1.807) is 4.90 Å². The summed E-state index contributed by atoms with van der Waals surface area (Å²) in [5.74, 6) is 5.05. The molecular formula is C8H17N3O2. The second kappa shape index (κ2) is 5.04. The van der Waals surface area contributed by atoms with Gasteiger partial charge in [-0.3, -0.25) is 5.43 Å². The molecule has 1 atom stereocenters. The van der Waals surface area contributed by atoms with Crippen LogP contribution in [0.3, 0.4) is 0 Å². The molecule has 0 radical (unpaired) electrons. The van der Waals surface area contributed by atoms with Crippen LogP contribution in [0.4, 0.5) is 4.79 Å². The second-order valence-electron chi connectivity index (χ2n) is 3.33. The number of amides is 2. The molecule has 0 aromatic rings. The summed E-state index contributed by atoms with van der Waals surface area (Å²) in [6.45, 7) is 0.710. The molecule has 0 saturated carbocycles. The Morgan fingerprint density at radius 1 is 1.54 bits per heavy atom. The average Bonchev–Trinajstić information content (AvgIpc) is 2.41. The largest absolute Gasteiger partial charge is 0.394 e. The Morgan fingerprint density at radius 3 is 2.92 bits per heavy atom. The lowest BCUT2D eigenvalue weighted by Gasteiger charge is -2.27. The number of aliphatic hydroxyl groups excluding tert-OH is 1. The van der Waals surface area contributed by atoms with Crippen LogP contribution in [0.25, 0.3) is 0 Å². The molecule has 1 saturated heterocycles. The van der Waals surface area contributed by atoms with E-state index >= 15 is 0 Å². The fraction of sp³-hybridized carbons (Fsp3) is 0.875. The third kappa shape index (κ3) is 2.57. The first-order chi connectivity index (χ1) is 6.29. The van der Waals surface area contributed by atoms with E-state index in [9.17, 15) is 4.79 Å². The van der Waals surface area contributed by atoms with Crippen molar-refractivity contribution in [2.75, 3.05) is 13.2 Å². The number of nitrogens with one attached hydrogen (secondary N) is 1. The monoisotopic (exact) mass is 187 g/mol. The first kappa shape index (κ1) is 10.3. The van der Waals surface area contributed by atoms with Crippen molar-refractivity contribution in [1.29, 1.82) is 0 Å². The molecule has 76 valence electrons. The molecule has 0 aliphatic carbocycles. The zero-order valence-corrected chi connectivity index (χ0v) is 7.70. The number of hydrogen-bond acceptors (Lipinski definition) is 3. The number of hydrazine groups is 1. The number of carbonyl (C=O) groups is 1. The molecule has 4 N–H and O–H groups in total. The molecule has 5 heteroatoms. The van der Waals surface area contributed by atoms with Gasteiger partial charge in [0.1, 0.15) is 0 Å². The number of nitrogens with two attached hydrogens (primary N) is 1. The van der Waals surface area contributed by atoms with Gasteiger partial charge in [-0.2, -0.15) is 0 Å². The van der Waals surface area contributed by atoms with Gasteiger partial charge in [0.2, 0.25) is 0 Å². The quantitative estimate of drug-likeness (QED) is 0.302. The van der Waals surface area contributed by atoms with Gasteiger partial charge >= 0.3 is 6.03 Å². The van der Waals surface area contributed by atoms with E-state index in [2.05, 4.69) is 5.43 Å². The van der Waals surface area contributed by atoms with Crippen LogP contribution in [0.1, 0.15) is 25.7 Å². The van der Waals surface area contributed by atoms with Crippen LogP contribution in [0, 0.1) is 0 Å². The summed E-state index contributed by atoms with van der Waals surface area (Å²) in [5.41, 5.74) is 2.10. The first-order valence-corrected chi connectivity index (χ1v) is 4.67. The predicted molar refractivity (Wildman–Crippen MR) is 48.8 cm³/mol. The highest BCUT2D eigenvalue weighted by molar-refractivity contribution is 5.73. The summed E-state index contributed by atoms with van der Waals surface area (Å²) in [6, 6.07) is -0.355. The Balaban J connectivity index is 2.58. The standard InChI is InChI=1S/C8H17N3O2/c9-10-8(13)11-5-3-1-2-4-7(11)6-12/h7,12H,1-6,9H2,(H,10,13). The summed E-state index contributed by atoms with van der Waals surface area (Å²) in [6.07, 6.45) is 4.04. The first-order valence-electron chi connectivity index (χ1n) is 4.67. The van der Waals surface area contributed by atoms with Crippen molar-refractivity contribution in [1.82, 2.24) is 10.3 Å². The Bertz CT molecular complexity index is 175. The van der Waals surface area contributed by atoms with Gasteiger partial charge in [0.05, 0.1) is 12.6 Å². The second-order valence-corrected chi connectivity index (χ2v) is 3.33. The van der Waals surface area contributed by atoms with E-state index in [0.29, 0.717) is 6.54 Å². The molecule has 1 aliphatic heterocycles. The van der Waals surface area contributed by atoms with E-state index < -0.39 is 0 Å². The minimum atomic E-state index is -0.291. The van der Waals surface area contributed by atoms with Crippen molar-refractivity contribution in [2.45, 2.75) is 31.7 Å². The fourth-order valence-corrected chi connectivity index (χ4v) is 1.72. The molecule has 0 aromatic heterocycles. The molecule has 1 aliphatic rings. The molecule has 0 spiro atoms. The van der Waals surface area contributed by atoms with Gasteiger partial charge in [0.25, 0.3) is 0 Å². The predicted octanol–water partition coefficient (Wildman–Crippen LogP) is -0.193. The minimum absolute atomic E-state index is 0.0212. The maximum atomic E-state index is 11.3. The highest BCUT2D eigenvalue weighted by Crippen LogP contribution is 2.16. The van der Waals surface area contributed by atoms with Crippen LogP contribution >= 0.6 is 0 Å². The van der Waals surface area contributed by atoms with Gasteiger partial charge < -0.3 is 10.0 Å². The number of rotatable bonds is 1. The molecule has 0 aromatic carbocycles. The number of nitrogens with zero attached hydrogens (tertiary/aromatic N) is 1. The van der Waals surface area contributed by atoms with Gasteiger partial charge in [-0.25, -0.2) is 10.6 Å². The van der Waals surface area contributed by atoms with Gasteiger partial charge in [-0.15, -0.1) is 0 Å². The van der Waals surface area contributed by atoms with Crippen molar-refractivity contribution in [2.24, 2.45) is 5.84 Å². The summed E-state index contributed by atoms with van der Waals surface area (Å²) < 4.78 is 0. The highest BCUT2D eigenvalue weighted by atomic mass is 16.3. The average molecular weight is 187 g/mol. The van der Waals surface area contributed by atoms with E-state index in [1.165, 1.54) is 0 Å². The number of hydrogen-bond donors (Lipinski definition) is 3. The van der Waals surface area contributed by atoms with Crippen molar-refractivity contribution in [3.63, 3.8) is 0 Å². The maximum absolute atomic E-state index is 11.3. The van der Waals surface area contributed by atoms with Crippen LogP contribution in [-0.4, -0.2) is 35.2 Å². The Kier molecular flexibility index (Phi) is 3.98. The third-order valence-corrected chi connectivity index (χ3v) is 2.47. The molecular weight excluding hydrogens is 170 g/mol. The van der Waals surface area contributed by atoms with Gasteiger partial charge in [-0.05, 0) is 12.8 Å². The Morgan fingerprint density at radius 2 is 2.31 bits per heavy atom. The van der Waals surface area contributed by atoms with Crippen molar-refractivity contribution in [3.8, 4) is 0 Å². The minimum Gasteiger partial charge on any atom is -0.394 e. The molecule has 1 heterocycles. The molecule has 1 fully saturated rings. The lowest BCUT2D eigenvalue weighted by atomic mass is 10.1. The van der Waals surface area contributed by atoms with Crippen molar-refractivity contribution < 1.29 is 9.90 Å². The third-order valence-electron chi connectivity index (χ3n) is 2.47. The lowest BCUT2D eigenvalue weighted by Crippen LogP contribution is -2.49. The fourth-order valence-electron chi connectivity index (χ4n) is 1.72. The zero-order chi connectivity index (χ0) is 9.68. The molecule has 0 bridgehead atoms. The lowest BCUT2D eigenvalue weighted by molar-refractivity contribution is 0.134. The molecule has 2 amide bonds. The number of aliphatic hydroxyl groups is 1. The van der Waals surface area contributed by atoms with Crippen LogP contribution in [0.5, 0.6) is 0 Å². The van der Waals surface area contributed by atoms with Gasteiger partial charge in [-0.1, -0.05) is 12.8 Å². The number of carbonyl (C=O) groups excluding carboxylic acids is 1. The van der Waals surface area contributed by atoms with Crippen molar-refractivity contribution >= 4 is 6.03 Å².